The minimum Gasteiger partial charge on any atom is -0.0614 e. The molecule has 0 bridgehead atoms. The summed E-state index contributed by atoms with van der Waals surface area (Å²) in [6.45, 7) is 7.32. The second-order valence-electron chi connectivity index (χ2n) is 4.40. The normalized spacial score (nSPS) is 89.6. The van der Waals surface area contributed by atoms with Crippen molar-refractivity contribution in [2.24, 2.45) is 22.2 Å². The van der Waals surface area contributed by atoms with Gasteiger partial charge < -0.3 is 0 Å². The Kier molecular flexibility index (Phi) is 0.255. The van der Waals surface area contributed by atoms with Gasteiger partial charge in [-0.1, -0.05) is 20.8 Å². The minimum atomic E-state index is 0.847. The van der Waals surface area contributed by atoms with Gasteiger partial charge in [-0.25, -0.2) is 0 Å². The highest BCUT2D eigenvalue weighted by atomic mass is 15.1. The van der Waals surface area contributed by atoms with Crippen molar-refractivity contribution in [3.05, 3.63) is 0 Å². The number of hydrogen-bond acceptors (Lipinski definition) is 0. The fraction of sp³-hybridized carbons (Fsp3) is 1.00. The second kappa shape index (κ2) is 0.521. The van der Waals surface area contributed by atoms with E-state index in [4.69, 9.17) is 0 Å². The van der Waals surface area contributed by atoms with E-state index < -0.39 is 0 Å². The van der Waals surface area contributed by atoms with Crippen LogP contribution >= 0.6 is 0 Å². The Bertz CT molecular complexity index is 184. The van der Waals surface area contributed by atoms with Crippen molar-refractivity contribution >= 4 is 0 Å². The summed E-state index contributed by atoms with van der Waals surface area (Å²) < 4.78 is 0. The molecule has 3 saturated carbocycles. The SMILES string of the molecule is CC1C2(C)C3(C)CC132. The van der Waals surface area contributed by atoms with Gasteiger partial charge in [0.05, 0.1) is 0 Å². The van der Waals surface area contributed by atoms with Crippen LogP contribution in [0.3, 0.4) is 0 Å². The van der Waals surface area contributed by atoms with E-state index in [9.17, 15) is 0 Å². The van der Waals surface area contributed by atoms with E-state index in [0.717, 1.165) is 22.2 Å². The van der Waals surface area contributed by atoms with E-state index in [1.165, 1.54) is 0 Å². The monoisotopic (exact) mass is 108 g/mol. The van der Waals surface area contributed by atoms with E-state index in [-0.39, 0.29) is 0 Å². The molecular formula is C8H12. The van der Waals surface area contributed by atoms with Gasteiger partial charge in [0.1, 0.15) is 0 Å². The summed E-state index contributed by atoms with van der Waals surface area (Å²) in [5.74, 6) is 1.08. The Hall–Kier alpha value is 0. The largest absolute Gasteiger partial charge is 0.0614 e. The summed E-state index contributed by atoms with van der Waals surface area (Å²) in [7, 11) is 0. The van der Waals surface area contributed by atoms with Crippen LogP contribution < -0.4 is 0 Å². The van der Waals surface area contributed by atoms with Crippen LogP contribution in [0.25, 0.3) is 0 Å². The highest BCUT2D eigenvalue weighted by Gasteiger charge is 3.10. The Balaban J connectivity index is 2.15. The van der Waals surface area contributed by atoms with Gasteiger partial charge in [-0.2, -0.15) is 0 Å². The van der Waals surface area contributed by atoms with E-state index in [0.29, 0.717) is 0 Å². The van der Waals surface area contributed by atoms with Crippen molar-refractivity contribution in [2.45, 2.75) is 27.2 Å². The number of rotatable bonds is 0. The molecule has 3 fully saturated rings. The molecule has 0 heteroatoms. The number of hydrogen-bond donors (Lipinski definition) is 0. The molecule has 3 rings (SSSR count). The van der Waals surface area contributed by atoms with Crippen LogP contribution in [0.1, 0.15) is 27.2 Å². The zero-order chi connectivity index (χ0) is 5.78. The summed E-state index contributed by atoms with van der Waals surface area (Å²) in [4.78, 5) is 0. The van der Waals surface area contributed by atoms with Gasteiger partial charge in [0.25, 0.3) is 0 Å². The van der Waals surface area contributed by atoms with Crippen molar-refractivity contribution in [1.82, 2.24) is 0 Å². The van der Waals surface area contributed by atoms with Gasteiger partial charge >= 0.3 is 0 Å². The first-order valence-electron chi connectivity index (χ1n) is 3.61. The third-order valence-corrected chi connectivity index (χ3v) is 5.02. The Labute approximate surface area is 50.3 Å². The predicted molar refractivity (Wildman–Crippen MR) is 32.4 cm³/mol. The molecule has 0 aromatic rings. The lowest BCUT2D eigenvalue weighted by molar-refractivity contribution is 0.391. The van der Waals surface area contributed by atoms with Crippen molar-refractivity contribution < 1.29 is 0 Å². The average Bonchev–Trinajstić information content (AvgIpc) is 2.53. The number of fused-ring (bicyclic) bond motifs is 1. The molecule has 3 aliphatic rings. The van der Waals surface area contributed by atoms with Crippen LogP contribution in [-0.4, -0.2) is 0 Å². The molecule has 0 aromatic heterocycles. The molecular weight excluding hydrogens is 96.1 g/mol. The molecule has 0 radical (unpaired) electrons. The maximum atomic E-state index is 2.46. The quantitative estimate of drug-likeness (QED) is 0.445. The molecule has 1 spiro atoms. The smallest absolute Gasteiger partial charge is 0.0139 e. The van der Waals surface area contributed by atoms with E-state index >= 15 is 0 Å². The Morgan fingerprint density at radius 1 is 1.38 bits per heavy atom. The fourth-order valence-corrected chi connectivity index (χ4v) is 3.89. The summed E-state index contributed by atoms with van der Waals surface area (Å²) >= 11 is 0. The predicted octanol–water partition coefficient (Wildman–Crippen LogP) is 2.05. The molecule has 0 aromatic carbocycles. The highest BCUT2D eigenvalue weighted by Crippen LogP contribution is 3.15. The lowest BCUT2D eigenvalue weighted by atomic mass is 9.95. The van der Waals surface area contributed by atoms with E-state index in [2.05, 4.69) is 20.8 Å². The summed E-state index contributed by atoms with van der Waals surface area (Å²) in [6.07, 6.45) is 1.55. The summed E-state index contributed by atoms with van der Waals surface area (Å²) in [5, 5.41) is 0. The van der Waals surface area contributed by atoms with Crippen LogP contribution in [0, 0.1) is 22.2 Å². The molecule has 0 heterocycles. The standard InChI is InChI=1S/C8H12/c1-5-7(3)6(2)4-8(5,6)7/h5H,4H2,1-3H3. The lowest BCUT2D eigenvalue weighted by Gasteiger charge is -2.09. The molecule has 44 valence electrons. The molecule has 0 aliphatic heterocycles. The van der Waals surface area contributed by atoms with Crippen LogP contribution in [0.2, 0.25) is 0 Å². The summed E-state index contributed by atoms with van der Waals surface area (Å²) in [6, 6.07) is 0. The van der Waals surface area contributed by atoms with E-state index in [1.807, 2.05) is 0 Å². The molecule has 3 aliphatic carbocycles. The zero-order valence-corrected chi connectivity index (χ0v) is 5.78. The van der Waals surface area contributed by atoms with Crippen molar-refractivity contribution in [3.8, 4) is 0 Å². The van der Waals surface area contributed by atoms with Crippen molar-refractivity contribution in [1.29, 1.82) is 0 Å². The van der Waals surface area contributed by atoms with Gasteiger partial charge in [0.15, 0.2) is 0 Å². The molecule has 4 atom stereocenters. The van der Waals surface area contributed by atoms with Crippen molar-refractivity contribution in [3.63, 3.8) is 0 Å². The van der Waals surface area contributed by atoms with Crippen LogP contribution in [0.4, 0.5) is 0 Å². The van der Waals surface area contributed by atoms with E-state index in [1.54, 1.807) is 6.42 Å². The molecule has 4 unspecified atom stereocenters. The van der Waals surface area contributed by atoms with Gasteiger partial charge in [-0.05, 0) is 28.6 Å². The van der Waals surface area contributed by atoms with Crippen LogP contribution in [-0.2, 0) is 0 Å². The van der Waals surface area contributed by atoms with Gasteiger partial charge in [0, 0.05) is 0 Å². The zero-order valence-electron chi connectivity index (χ0n) is 5.78. The lowest BCUT2D eigenvalue weighted by Crippen LogP contribution is -2.03. The minimum absolute atomic E-state index is 0.847. The second-order valence-corrected chi connectivity index (χ2v) is 4.40. The first-order chi connectivity index (χ1) is 3.61. The Morgan fingerprint density at radius 2 is 1.88 bits per heavy atom. The first-order valence-corrected chi connectivity index (χ1v) is 3.61. The van der Waals surface area contributed by atoms with Crippen LogP contribution in [0.5, 0.6) is 0 Å². The average molecular weight is 108 g/mol. The van der Waals surface area contributed by atoms with Gasteiger partial charge in [0.2, 0.25) is 0 Å². The maximum absolute atomic E-state index is 2.46. The molecule has 0 amide bonds. The molecule has 0 saturated heterocycles. The maximum Gasteiger partial charge on any atom is -0.0139 e. The van der Waals surface area contributed by atoms with Crippen LogP contribution in [0.15, 0.2) is 0 Å². The first kappa shape index (κ1) is 3.92. The fourth-order valence-electron chi connectivity index (χ4n) is 3.89. The topological polar surface area (TPSA) is 0 Å². The Morgan fingerprint density at radius 3 is 1.88 bits per heavy atom. The van der Waals surface area contributed by atoms with Gasteiger partial charge in [-0.3, -0.25) is 0 Å². The summed E-state index contributed by atoms with van der Waals surface area (Å²) in [5.41, 5.74) is 2.62. The molecule has 0 N–H and O–H groups in total. The third kappa shape index (κ3) is 0.0986. The molecule has 8 heavy (non-hydrogen) atoms. The highest BCUT2D eigenvalue weighted by molar-refractivity contribution is 5.57. The third-order valence-electron chi connectivity index (χ3n) is 5.02. The van der Waals surface area contributed by atoms with Gasteiger partial charge in [-0.15, -0.1) is 0 Å². The van der Waals surface area contributed by atoms with Crippen molar-refractivity contribution in [2.75, 3.05) is 0 Å². The molecule has 0 nitrogen and oxygen atoms in total.